The van der Waals surface area contributed by atoms with E-state index in [2.05, 4.69) is 29.5 Å². The van der Waals surface area contributed by atoms with Gasteiger partial charge in [0, 0.05) is 18.1 Å². The first-order chi connectivity index (χ1) is 8.50. The highest BCUT2D eigenvalue weighted by atomic mass is 16.2. The number of aromatic nitrogens is 1. The lowest BCUT2D eigenvalue weighted by atomic mass is 9.77. The van der Waals surface area contributed by atoms with E-state index in [0.29, 0.717) is 0 Å². The molecule has 4 heteroatoms. The molecule has 1 unspecified atom stereocenters. The number of nitrogens with zero attached hydrogens (tertiary/aromatic N) is 1. The number of carbonyl (C=O) groups is 1. The normalized spacial score (nSPS) is 22.5. The summed E-state index contributed by atoms with van der Waals surface area (Å²) in [6.07, 6.45) is 5.66. The van der Waals surface area contributed by atoms with E-state index < -0.39 is 0 Å². The van der Waals surface area contributed by atoms with Crippen molar-refractivity contribution in [2.24, 2.45) is 5.41 Å². The van der Waals surface area contributed by atoms with E-state index in [9.17, 15) is 4.79 Å². The number of carbonyl (C=O) groups excluding carboxylic acids is 1. The fourth-order valence-corrected chi connectivity index (χ4v) is 2.48. The molecule has 0 aromatic carbocycles. The first-order valence-electron chi connectivity index (χ1n) is 6.45. The van der Waals surface area contributed by atoms with Crippen LogP contribution in [0.3, 0.4) is 0 Å². The van der Waals surface area contributed by atoms with Crippen molar-refractivity contribution < 1.29 is 4.79 Å². The zero-order valence-electron chi connectivity index (χ0n) is 11.3. The summed E-state index contributed by atoms with van der Waals surface area (Å²) in [5, 5.41) is 6.32. The zero-order chi connectivity index (χ0) is 13.2. The Morgan fingerprint density at radius 2 is 2.33 bits per heavy atom. The zero-order valence-corrected chi connectivity index (χ0v) is 11.3. The maximum absolute atomic E-state index is 12.3. The van der Waals surface area contributed by atoms with Crippen LogP contribution in [0.5, 0.6) is 0 Å². The fraction of sp³-hybridized carbons (Fsp3) is 0.571. The van der Waals surface area contributed by atoms with E-state index in [1.54, 1.807) is 12.4 Å². The molecule has 0 bridgehead atoms. The van der Waals surface area contributed by atoms with Crippen LogP contribution < -0.4 is 10.6 Å². The van der Waals surface area contributed by atoms with Crippen molar-refractivity contribution in [3.05, 3.63) is 24.0 Å². The summed E-state index contributed by atoms with van der Waals surface area (Å²) in [4.78, 5) is 16.4. The van der Waals surface area contributed by atoms with Crippen molar-refractivity contribution in [1.29, 1.82) is 0 Å². The van der Waals surface area contributed by atoms with Gasteiger partial charge in [-0.15, -0.1) is 0 Å². The second kappa shape index (κ2) is 5.06. The minimum Gasteiger partial charge on any atom is -0.324 e. The molecule has 1 aromatic heterocycles. The quantitative estimate of drug-likeness (QED) is 0.841. The lowest BCUT2D eigenvalue weighted by Crippen LogP contribution is -2.53. The summed E-state index contributed by atoms with van der Waals surface area (Å²) in [5.41, 5.74) is 1.83. The van der Waals surface area contributed by atoms with Gasteiger partial charge < -0.3 is 10.6 Å². The SMILES string of the molecule is Cc1cnccc1NC(=O)C1NCCCC1(C)C. The Bertz CT molecular complexity index is 442. The van der Waals surface area contributed by atoms with Gasteiger partial charge in [0.2, 0.25) is 5.91 Å². The molecule has 1 saturated heterocycles. The second-order valence-corrected chi connectivity index (χ2v) is 5.66. The standard InChI is InChI=1S/C14H21N3O/c1-10-9-15-8-5-11(10)17-13(18)12-14(2,3)6-4-7-16-12/h5,8-9,12,16H,4,6-7H2,1-3H3,(H,15,17,18). The van der Waals surface area contributed by atoms with Crippen LogP contribution in [-0.4, -0.2) is 23.5 Å². The molecule has 1 atom stereocenters. The molecular formula is C14H21N3O. The maximum Gasteiger partial charge on any atom is 0.242 e. The number of amides is 1. The number of rotatable bonds is 2. The largest absolute Gasteiger partial charge is 0.324 e. The van der Waals surface area contributed by atoms with Gasteiger partial charge in [0.15, 0.2) is 0 Å². The Balaban J connectivity index is 2.10. The van der Waals surface area contributed by atoms with Gasteiger partial charge in [0.25, 0.3) is 0 Å². The summed E-state index contributed by atoms with van der Waals surface area (Å²) in [6.45, 7) is 7.14. The average Bonchev–Trinajstić information content (AvgIpc) is 2.31. The minimum absolute atomic E-state index is 0.00324. The Morgan fingerprint density at radius 3 is 3.00 bits per heavy atom. The van der Waals surface area contributed by atoms with Gasteiger partial charge in [-0.2, -0.15) is 0 Å². The third-order valence-electron chi connectivity index (χ3n) is 3.67. The molecule has 2 heterocycles. The molecule has 2 rings (SSSR count). The van der Waals surface area contributed by atoms with Crippen molar-refractivity contribution in [2.45, 2.75) is 39.7 Å². The van der Waals surface area contributed by atoms with Crippen molar-refractivity contribution in [1.82, 2.24) is 10.3 Å². The highest BCUT2D eigenvalue weighted by molar-refractivity contribution is 5.96. The van der Waals surface area contributed by atoms with Gasteiger partial charge in [-0.05, 0) is 43.4 Å². The molecule has 1 fully saturated rings. The molecule has 0 radical (unpaired) electrons. The molecule has 1 aromatic rings. The molecule has 2 N–H and O–H groups in total. The van der Waals surface area contributed by atoms with E-state index in [1.807, 2.05) is 13.0 Å². The van der Waals surface area contributed by atoms with Crippen molar-refractivity contribution in [3.8, 4) is 0 Å². The van der Waals surface area contributed by atoms with Gasteiger partial charge in [-0.25, -0.2) is 0 Å². The van der Waals surface area contributed by atoms with E-state index in [-0.39, 0.29) is 17.4 Å². The molecule has 0 spiro atoms. The number of piperidine rings is 1. The van der Waals surface area contributed by atoms with E-state index >= 15 is 0 Å². The van der Waals surface area contributed by atoms with Gasteiger partial charge in [0.05, 0.1) is 6.04 Å². The number of aryl methyl sites for hydroxylation is 1. The fourth-order valence-electron chi connectivity index (χ4n) is 2.48. The highest BCUT2D eigenvalue weighted by Gasteiger charge is 2.37. The predicted octanol–water partition coefficient (Wildman–Crippen LogP) is 2.11. The number of nitrogens with one attached hydrogen (secondary N) is 2. The second-order valence-electron chi connectivity index (χ2n) is 5.66. The smallest absolute Gasteiger partial charge is 0.242 e. The first kappa shape index (κ1) is 13.0. The van der Waals surface area contributed by atoms with Crippen LogP contribution in [0, 0.1) is 12.3 Å². The summed E-state index contributed by atoms with van der Waals surface area (Å²) in [7, 11) is 0. The topological polar surface area (TPSA) is 54.0 Å². The van der Waals surface area contributed by atoms with Gasteiger partial charge >= 0.3 is 0 Å². The maximum atomic E-state index is 12.3. The van der Waals surface area contributed by atoms with Crippen LogP contribution in [0.15, 0.2) is 18.5 Å². The molecule has 98 valence electrons. The van der Waals surface area contributed by atoms with Crippen molar-refractivity contribution in [2.75, 3.05) is 11.9 Å². The Hall–Kier alpha value is -1.42. The van der Waals surface area contributed by atoms with Gasteiger partial charge in [-0.1, -0.05) is 13.8 Å². The van der Waals surface area contributed by atoms with Crippen LogP contribution in [0.1, 0.15) is 32.3 Å². The Morgan fingerprint density at radius 1 is 1.56 bits per heavy atom. The molecule has 1 aliphatic rings. The monoisotopic (exact) mass is 247 g/mol. The van der Waals surface area contributed by atoms with Crippen LogP contribution in [-0.2, 0) is 4.79 Å². The van der Waals surface area contributed by atoms with Crippen molar-refractivity contribution >= 4 is 11.6 Å². The summed E-state index contributed by atoms with van der Waals surface area (Å²) >= 11 is 0. The average molecular weight is 247 g/mol. The molecule has 0 saturated carbocycles. The molecule has 4 nitrogen and oxygen atoms in total. The van der Waals surface area contributed by atoms with Crippen LogP contribution in [0.4, 0.5) is 5.69 Å². The van der Waals surface area contributed by atoms with E-state index in [4.69, 9.17) is 0 Å². The van der Waals surface area contributed by atoms with Crippen molar-refractivity contribution in [3.63, 3.8) is 0 Å². The highest BCUT2D eigenvalue weighted by Crippen LogP contribution is 2.30. The van der Waals surface area contributed by atoms with E-state index in [0.717, 1.165) is 30.6 Å². The lowest BCUT2D eigenvalue weighted by Gasteiger charge is -2.38. The molecule has 1 aliphatic heterocycles. The minimum atomic E-state index is -0.126. The summed E-state index contributed by atoms with van der Waals surface area (Å²) in [5.74, 6) is 0.0500. The number of hydrogen-bond acceptors (Lipinski definition) is 3. The van der Waals surface area contributed by atoms with Gasteiger partial charge in [0.1, 0.15) is 0 Å². The van der Waals surface area contributed by atoms with Gasteiger partial charge in [-0.3, -0.25) is 9.78 Å². The molecular weight excluding hydrogens is 226 g/mol. The first-order valence-corrected chi connectivity index (χ1v) is 6.45. The summed E-state index contributed by atoms with van der Waals surface area (Å²) < 4.78 is 0. The molecule has 0 aliphatic carbocycles. The Kier molecular flexibility index (Phi) is 3.66. The Labute approximate surface area is 108 Å². The third kappa shape index (κ3) is 2.70. The summed E-state index contributed by atoms with van der Waals surface area (Å²) in [6, 6.07) is 1.71. The predicted molar refractivity (Wildman–Crippen MR) is 72.4 cm³/mol. The lowest BCUT2D eigenvalue weighted by molar-refractivity contribution is -0.121. The molecule has 18 heavy (non-hydrogen) atoms. The number of pyridine rings is 1. The molecule has 1 amide bonds. The van der Waals surface area contributed by atoms with Crippen LogP contribution in [0.25, 0.3) is 0 Å². The van der Waals surface area contributed by atoms with Crippen LogP contribution >= 0.6 is 0 Å². The number of anilines is 1. The third-order valence-corrected chi connectivity index (χ3v) is 3.67. The van der Waals surface area contributed by atoms with E-state index in [1.165, 1.54) is 0 Å². The number of hydrogen-bond donors (Lipinski definition) is 2. The van der Waals surface area contributed by atoms with Crippen LogP contribution in [0.2, 0.25) is 0 Å².